The van der Waals surface area contributed by atoms with Crippen LogP contribution in [0.15, 0.2) is 40.9 Å². The van der Waals surface area contributed by atoms with Crippen molar-refractivity contribution in [1.29, 1.82) is 0 Å². The second kappa shape index (κ2) is 7.23. The van der Waals surface area contributed by atoms with Crippen LogP contribution < -0.4 is 0 Å². The highest BCUT2D eigenvalue weighted by molar-refractivity contribution is 9.10. The predicted octanol–water partition coefficient (Wildman–Crippen LogP) is 3.47. The fraction of sp³-hybridized carbons (Fsp3) is 0.278. The normalized spacial score (nSPS) is 16.8. The van der Waals surface area contributed by atoms with Crippen LogP contribution in [-0.2, 0) is 9.53 Å². The van der Waals surface area contributed by atoms with E-state index >= 15 is 0 Å². The Hall–Kier alpha value is -2.41. The van der Waals surface area contributed by atoms with Gasteiger partial charge in [0.15, 0.2) is 6.61 Å². The molecule has 0 spiro atoms. The molecule has 1 aliphatic heterocycles. The lowest BCUT2D eigenvalue weighted by Crippen LogP contribution is -2.41. The van der Waals surface area contributed by atoms with E-state index in [1.807, 2.05) is 24.3 Å². The molecule has 0 aromatic heterocycles. The van der Waals surface area contributed by atoms with E-state index in [4.69, 9.17) is 9.84 Å². The number of esters is 1. The third-order valence-corrected chi connectivity index (χ3v) is 4.98. The molecule has 130 valence electrons. The molecule has 6 nitrogen and oxygen atoms in total. The first-order valence-corrected chi connectivity index (χ1v) is 8.65. The topological polar surface area (TPSA) is 83.9 Å². The van der Waals surface area contributed by atoms with Crippen molar-refractivity contribution in [2.45, 2.75) is 18.9 Å². The average Bonchev–Trinajstić information content (AvgIpc) is 3.10. The largest absolute Gasteiger partial charge is 0.465 e. The van der Waals surface area contributed by atoms with Crippen LogP contribution in [-0.4, -0.2) is 47.0 Å². The van der Waals surface area contributed by atoms with Gasteiger partial charge in [-0.3, -0.25) is 9.69 Å². The van der Waals surface area contributed by atoms with Crippen molar-refractivity contribution in [1.82, 2.24) is 4.90 Å². The van der Waals surface area contributed by atoms with Gasteiger partial charge >= 0.3 is 12.1 Å². The van der Waals surface area contributed by atoms with Crippen molar-refractivity contribution in [3.8, 4) is 0 Å². The van der Waals surface area contributed by atoms with Gasteiger partial charge in [0.05, 0.1) is 0 Å². The molecule has 1 heterocycles. The van der Waals surface area contributed by atoms with Gasteiger partial charge in [-0.25, -0.2) is 9.59 Å². The number of Topliss-reactive ketones (excluding diaryl/α,β-unsaturated/α-hetero) is 1. The quantitative estimate of drug-likeness (QED) is 0.621. The van der Waals surface area contributed by atoms with Crippen LogP contribution >= 0.6 is 15.9 Å². The Morgan fingerprint density at radius 2 is 1.88 bits per heavy atom. The van der Waals surface area contributed by atoms with E-state index in [1.54, 1.807) is 12.1 Å². The van der Waals surface area contributed by atoms with Crippen LogP contribution in [0.3, 0.4) is 0 Å². The molecule has 1 fully saturated rings. The average molecular weight is 406 g/mol. The first-order chi connectivity index (χ1) is 12.0. The van der Waals surface area contributed by atoms with E-state index in [-0.39, 0.29) is 5.78 Å². The monoisotopic (exact) mass is 405 g/mol. The Morgan fingerprint density at radius 1 is 1.16 bits per heavy atom. The summed E-state index contributed by atoms with van der Waals surface area (Å²) in [4.78, 5) is 36.8. The van der Waals surface area contributed by atoms with Gasteiger partial charge in [-0.15, -0.1) is 0 Å². The summed E-state index contributed by atoms with van der Waals surface area (Å²) in [6.07, 6.45) is -0.123. The molecule has 0 aliphatic carbocycles. The predicted molar refractivity (Wildman–Crippen MR) is 94.7 cm³/mol. The van der Waals surface area contributed by atoms with Gasteiger partial charge in [-0.2, -0.15) is 0 Å². The number of likely N-dealkylation sites (tertiary alicyclic amines) is 1. The molecule has 1 saturated heterocycles. The second-order valence-corrected chi connectivity index (χ2v) is 6.66. The molecule has 1 aliphatic rings. The summed E-state index contributed by atoms with van der Waals surface area (Å²) < 4.78 is 5.97. The first kappa shape index (κ1) is 17.4. The summed E-state index contributed by atoms with van der Waals surface area (Å²) in [5, 5.41) is 10.7. The molecule has 25 heavy (non-hydrogen) atoms. The van der Waals surface area contributed by atoms with Crippen LogP contribution in [0.5, 0.6) is 0 Å². The highest BCUT2D eigenvalue weighted by atomic mass is 79.9. The Labute approximate surface area is 152 Å². The van der Waals surface area contributed by atoms with Crippen molar-refractivity contribution < 1.29 is 24.2 Å². The van der Waals surface area contributed by atoms with Crippen molar-refractivity contribution in [2.75, 3.05) is 13.2 Å². The van der Waals surface area contributed by atoms with Crippen molar-refractivity contribution in [2.24, 2.45) is 0 Å². The maximum absolute atomic E-state index is 12.5. The van der Waals surface area contributed by atoms with E-state index in [2.05, 4.69) is 15.9 Å². The van der Waals surface area contributed by atoms with Gasteiger partial charge in [-0.05, 0) is 35.7 Å². The minimum absolute atomic E-state index is 0.306. The number of benzene rings is 2. The smallest absolute Gasteiger partial charge is 0.408 e. The van der Waals surface area contributed by atoms with Crippen molar-refractivity contribution in [3.63, 3.8) is 0 Å². The summed E-state index contributed by atoms with van der Waals surface area (Å²) in [5.41, 5.74) is 0.466. The maximum atomic E-state index is 12.5. The summed E-state index contributed by atoms with van der Waals surface area (Å²) in [7, 11) is 0. The summed E-state index contributed by atoms with van der Waals surface area (Å²) in [6, 6.07) is 10.1. The summed E-state index contributed by atoms with van der Waals surface area (Å²) >= 11 is 3.45. The van der Waals surface area contributed by atoms with Gasteiger partial charge in [0.2, 0.25) is 5.78 Å². The molecule has 1 amide bonds. The molecular weight excluding hydrogens is 390 g/mol. The van der Waals surface area contributed by atoms with Crippen molar-refractivity contribution in [3.05, 3.63) is 46.4 Å². The highest BCUT2D eigenvalue weighted by Crippen LogP contribution is 2.27. The third kappa shape index (κ3) is 3.51. The molecule has 0 radical (unpaired) electrons. The van der Waals surface area contributed by atoms with E-state index in [0.717, 1.165) is 20.1 Å². The zero-order valence-electron chi connectivity index (χ0n) is 13.3. The van der Waals surface area contributed by atoms with Gasteiger partial charge in [0, 0.05) is 16.6 Å². The van der Waals surface area contributed by atoms with Gasteiger partial charge in [0.1, 0.15) is 6.04 Å². The lowest BCUT2D eigenvalue weighted by Gasteiger charge is -2.19. The molecule has 3 rings (SSSR count). The number of hydrogen-bond donors (Lipinski definition) is 1. The zero-order chi connectivity index (χ0) is 18.0. The molecule has 1 unspecified atom stereocenters. The molecule has 2 aromatic rings. The minimum Gasteiger partial charge on any atom is -0.465 e. The molecular formula is C18H16BrNO5. The molecule has 0 saturated carbocycles. The van der Waals surface area contributed by atoms with E-state index < -0.39 is 24.7 Å². The van der Waals surface area contributed by atoms with Crippen LogP contribution in [0.25, 0.3) is 10.8 Å². The first-order valence-electron chi connectivity index (χ1n) is 7.85. The van der Waals surface area contributed by atoms with Gasteiger partial charge in [-0.1, -0.05) is 40.2 Å². The standard InChI is InChI=1S/C18H16BrNO5/c19-14-8-7-13(11-4-1-2-5-12(11)14)16(21)10-25-17(22)15-6-3-9-20(15)18(23)24/h1-2,4-5,7-8,15H,3,6,9-10H2,(H,23,24). The van der Waals surface area contributed by atoms with Gasteiger partial charge in [0.25, 0.3) is 0 Å². The summed E-state index contributed by atoms with van der Waals surface area (Å²) in [6.45, 7) is -0.102. The number of halogens is 1. The number of carbonyl (C=O) groups is 3. The number of fused-ring (bicyclic) bond motifs is 1. The third-order valence-electron chi connectivity index (χ3n) is 4.29. The molecule has 2 aromatic carbocycles. The lowest BCUT2D eigenvalue weighted by molar-refractivity contribution is -0.147. The van der Waals surface area contributed by atoms with Crippen LogP contribution in [0, 0.1) is 0 Å². The molecule has 7 heteroatoms. The number of rotatable bonds is 4. The lowest BCUT2D eigenvalue weighted by atomic mass is 10.0. The van der Waals surface area contributed by atoms with Gasteiger partial charge < -0.3 is 9.84 Å². The Morgan fingerprint density at radius 3 is 2.60 bits per heavy atom. The number of ketones is 1. The molecule has 1 atom stereocenters. The SMILES string of the molecule is O=C(COC(=O)C1CCCN1C(=O)O)c1ccc(Br)c2ccccc12. The van der Waals surface area contributed by atoms with E-state index in [0.29, 0.717) is 24.9 Å². The number of ether oxygens (including phenoxy) is 1. The number of hydrogen-bond acceptors (Lipinski definition) is 4. The number of amides is 1. The van der Waals surface area contributed by atoms with Crippen LogP contribution in [0.2, 0.25) is 0 Å². The molecule has 0 bridgehead atoms. The van der Waals surface area contributed by atoms with E-state index in [9.17, 15) is 14.4 Å². The Balaban J connectivity index is 1.72. The second-order valence-electron chi connectivity index (χ2n) is 5.81. The zero-order valence-corrected chi connectivity index (χ0v) is 14.9. The van der Waals surface area contributed by atoms with E-state index in [1.165, 1.54) is 0 Å². The number of carboxylic acid groups (broad SMARTS) is 1. The highest BCUT2D eigenvalue weighted by Gasteiger charge is 2.35. The maximum Gasteiger partial charge on any atom is 0.408 e. The summed E-state index contributed by atoms with van der Waals surface area (Å²) in [5.74, 6) is -0.994. The minimum atomic E-state index is -1.15. The number of carbonyl (C=O) groups excluding carboxylic acids is 2. The van der Waals surface area contributed by atoms with Crippen molar-refractivity contribution >= 4 is 44.5 Å². The number of nitrogens with zero attached hydrogens (tertiary/aromatic N) is 1. The van der Waals surface area contributed by atoms with Crippen LogP contribution in [0.4, 0.5) is 4.79 Å². The van der Waals surface area contributed by atoms with Crippen LogP contribution in [0.1, 0.15) is 23.2 Å². The Bertz CT molecular complexity index is 850. The Kier molecular flexibility index (Phi) is 5.03. The fourth-order valence-electron chi connectivity index (χ4n) is 3.06. The fourth-order valence-corrected chi connectivity index (χ4v) is 3.53. The molecule has 1 N–H and O–H groups in total.